The number of ether oxygens (including phenoxy) is 2. The van der Waals surface area contributed by atoms with Gasteiger partial charge in [0.25, 0.3) is 0 Å². The highest BCUT2D eigenvalue weighted by Crippen LogP contribution is 2.23. The average Bonchev–Trinajstić information content (AvgIpc) is 2.34. The first-order valence-corrected chi connectivity index (χ1v) is 6.63. The molecule has 0 spiro atoms. The fraction of sp³-hybridized carbons (Fsp3) is 0.600. The highest BCUT2D eigenvalue weighted by atomic mass is 16.5. The monoisotopic (exact) mass is 251 g/mol. The lowest BCUT2D eigenvalue weighted by Gasteiger charge is -2.17. The number of hydrogen-bond acceptors (Lipinski definition) is 3. The Bertz CT molecular complexity index is 364. The Balaban J connectivity index is 2.60. The molecule has 1 rings (SSSR count). The topological polar surface area (TPSA) is 44.5 Å². The Morgan fingerprint density at radius 3 is 2.50 bits per heavy atom. The quantitative estimate of drug-likeness (QED) is 0.810. The minimum Gasteiger partial charge on any atom is -0.491 e. The van der Waals surface area contributed by atoms with Crippen molar-refractivity contribution >= 4 is 0 Å². The molecule has 102 valence electrons. The van der Waals surface area contributed by atoms with Gasteiger partial charge in [0.1, 0.15) is 18.5 Å². The molecular weight excluding hydrogens is 226 g/mol. The van der Waals surface area contributed by atoms with Crippen molar-refractivity contribution < 1.29 is 9.47 Å². The standard InChI is InChI=1S/C15H25NO2/c1-5-17-14(9-16)10-18-13-6-7-15(11(2)3)12(4)8-13/h6-8,11,14H,5,9-10,16H2,1-4H3. The van der Waals surface area contributed by atoms with Crippen molar-refractivity contribution in [1.82, 2.24) is 0 Å². The van der Waals surface area contributed by atoms with Gasteiger partial charge >= 0.3 is 0 Å². The molecule has 0 fully saturated rings. The molecule has 1 atom stereocenters. The van der Waals surface area contributed by atoms with Crippen LogP contribution >= 0.6 is 0 Å². The Hall–Kier alpha value is -1.06. The molecule has 1 aromatic carbocycles. The van der Waals surface area contributed by atoms with Crippen LogP contribution < -0.4 is 10.5 Å². The maximum Gasteiger partial charge on any atom is 0.119 e. The zero-order chi connectivity index (χ0) is 13.5. The summed E-state index contributed by atoms with van der Waals surface area (Å²) < 4.78 is 11.2. The second kappa shape index (κ2) is 7.39. The van der Waals surface area contributed by atoms with E-state index in [0.717, 1.165) is 5.75 Å². The molecule has 0 saturated heterocycles. The van der Waals surface area contributed by atoms with Gasteiger partial charge in [0.2, 0.25) is 0 Å². The molecule has 3 heteroatoms. The zero-order valence-electron chi connectivity index (χ0n) is 11.9. The van der Waals surface area contributed by atoms with Crippen molar-refractivity contribution in [3.05, 3.63) is 29.3 Å². The molecular formula is C15H25NO2. The van der Waals surface area contributed by atoms with Crippen molar-refractivity contribution in [2.24, 2.45) is 5.73 Å². The van der Waals surface area contributed by atoms with Crippen LogP contribution in [0.5, 0.6) is 5.75 Å². The van der Waals surface area contributed by atoms with E-state index in [9.17, 15) is 0 Å². The lowest BCUT2D eigenvalue weighted by Crippen LogP contribution is -2.30. The van der Waals surface area contributed by atoms with E-state index in [-0.39, 0.29) is 6.10 Å². The van der Waals surface area contributed by atoms with Crippen molar-refractivity contribution in [3.8, 4) is 5.75 Å². The van der Waals surface area contributed by atoms with Gasteiger partial charge in [-0.2, -0.15) is 0 Å². The maximum absolute atomic E-state index is 5.72. The molecule has 18 heavy (non-hydrogen) atoms. The Morgan fingerprint density at radius 2 is 2.00 bits per heavy atom. The Morgan fingerprint density at radius 1 is 1.28 bits per heavy atom. The van der Waals surface area contributed by atoms with Crippen molar-refractivity contribution in [1.29, 1.82) is 0 Å². The van der Waals surface area contributed by atoms with Gasteiger partial charge in [-0.1, -0.05) is 19.9 Å². The van der Waals surface area contributed by atoms with Gasteiger partial charge in [0.15, 0.2) is 0 Å². The van der Waals surface area contributed by atoms with E-state index in [1.807, 2.05) is 13.0 Å². The van der Waals surface area contributed by atoms with Crippen LogP contribution in [0.25, 0.3) is 0 Å². The van der Waals surface area contributed by atoms with Crippen LogP contribution in [0.2, 0.25) is 0 Å². The molecule has 0 saturated carbocycles. The summed E-state index contributed by atoms with van der Waals surface area (Å²) in [5, 5.41) is 0. The molecule has 3 nitrogen and oxygen atoms in total. The van der Waals surface area contributed by atoms with E-state index in [2.05, 4.69) is 32.9 Å². The summed E-state index contributed by atoms with van der Waals surface area (Å²) in [4.78, 5) is 0. The molecule has 1 unspecified atom stereocenters. The highest BCUT2D eigenvalue weighted by Gasteiger charge is 2.08. The third kappa shape index (κ3) is 4.31. The van der Waals surface area contributed by atoms with Crippen molar-refractivity contribution in [2.75, 3.05) is 19.8 Å². The Labute approximate surface area is 110 Å². The summed E-state index contributed by atoms with van der Waals surface area (Å²) in [6.07, 6.45) is -0.0277. The summed E-state index contributed by atoms with van der Waals surface area (Å²) in [6, 6.07) is 6.23. The molecule has 0 aliphatic rings. The minimum atomic E-state index is -0.0277. The molecule has 2 N–H and O–H groups in total. The largest absolute Gasteiger partial charge is 0.491 e. The molecule has 0 amide bonds. The fourth-order valence-corrected chi connectivity index (χ4v) is 1.99. The van der Waals surface area contributed by atoms with Crippen LogP contribution in [0.15, 0.2) is 18.2 Å². The summed E-state index contributed by atoms with van der Waals surface area (Å²) >= 11 is 0. The van der Waals surface area contributed by atoms with E-state index in [0.29, 0.717) is 25.7 Å². The molecule has 0 aromatic heterocycles. The van der Waals surface area contributed by atoms with E-state index in [4.69, 9.17) is 15.2 Å². The SMILES string of the molecule is CCOC(CN)COc1ccc(C(C)C)c(C)c1. The van der Waals surface area contributed by atoms with Crippen molar-refractivity contribution in [3.63, 3.8) is 0 Å². The second-order valence-electron chi connectivity index (χ2n) is 4.80. The van der Waals surface area contributed by atoms with E-state index in [1.165, 1.54) is 11.1 Å². The predicted molar refractivity (Wildman–Crippen MR) is 75.2 cm³/mol. The van der Waals surface area contributed by atoms with Crippen LogP contribution in [-0.2, 0) is 4.74 Å². The average molecular weight is 251 g/mol. The van der Waals surface area contributed by atoms with Gasteiger partial charge in [0.05, 0.1) is 0 Å². The summed E-state index contributed by atoms with van der Waals surface area (Å²) in [6.45, 7) is 10.1. The van der Waals surface area contributed by atoms with Gasteiger partial charge in [-0.25, -0.2) is 0 Å². The summed E-state index contributed by atoms with van der Waals surface area (Å²) in [5.41, 5.74) is 8.24. The number of aryl methyl sites for hydroxylation is 1. The van der Waals surface area contributed by atoms with E-state index < -0.39 is 0 Å². The molecule has 0 aliphatic heterocycles. The van der Waals surface area contributed by atoms with Crippen LogP contribution in [0.3, 0.4) is 0 Å². The third-order valence-electron chi connectivity index (χ3n) is 2.96. The van der Waals surface area contributed by atoms with Crippen LogP contribution in [0.4, 0.5) is 0 Å². The zero-order valence-corrected chi connectivity index (χ0v) is 11.9. The van der Waals surface area contributed by atoms with Gasteiger partial charge in [-0.05, 0) is 43.0 Å². The minimum absolute atomic E-state index is 0.0277. The van der Waals surface area contributed by atoms with Crippen LogP contribution in [0, 0.1) is 6.92 Å². The van der Waals surface area contributed by atoms with Gasteiger partial charge < -0.3 is 15.2 Å². The van der Waals surface area contributed by atoms with Crippen molar-refractivity contribution in [2.45, 2.75) is 39.7 Å². The number of nitrogens with two attached hydrogens (primary N) is 1. The first-order chi connectivity index (χ1) is 8.58. The van der Waals surface area contributed by atoms with E-state index in [1.54, 1.807) is 0 Å². The molecule has 1 aromatic rings. The summed E-state index contributed by atoms with van der Waals surface area (Å²) in [7, 11) is 0. The van der Waals surface area contributed by atoms with Crippen LogP contribution in [0.1, 0.15) is 37.8 Å². The molecule has 0 radical (unpaired) electrons. The predicted octanol–water partition coefficient (Wildman–Crippen LogP) is 2.86. The Kier molecular flexibility index (Phi) is 6.16. The molecule has 0 bridgehead atoms. The molecule has 0 aliphatic carbocycles. The smallest absolute Gasteiger partial charge is 0.119 e. The number of rotatable bonds is 7. The normalized spacial score (nSPS) is 12.8. The van der Waals surface area contributed by atoms with Crippen LogP contribution in [-0.4, -0.2) is 25.9 Å². The van der Waals surface area contributed by atoms with Gasteiger partial charge in [0, 0.05) is 13.2 Å². The molecule has 0 heterocycles. The number of hydrogen-bond donors (Lipinski definition) is 1. The van der Waals surface area contributed by atoms with Gasteiger partial charge in [-0.3, -0.25) is 0 Å². The third-order valence-corrected chi connectivity index (χ3v) is 2.96. The highest BCUT2D eigenvalue weighted by molar-refractivity contribution is 5.36. The second-order valence-corrected chi connectivity index (χ2v) is 4.80. The lowest BCUT2D eigenvalue weighted by molar-refractivity contribution is 0.0337. The van der Waals surface area contributed by atoms with E-state index >= 15 is 0 Å². The first-order valence-electron chi connectivity index (χ1n) is 6.63. The number of benzene rings is 1. The van der Waals surface area contributed by atoms with Gasteiger partial charge in [-0.15, -0.1) is 0 Å². The fourth-order valence-electron chi connectivity index (χ4n) is 1.99. The first kappa shape index (κ1) is 15.0. The maximum atomic E-state index is 5.72. The summed E-state index contributed by atoms with van der Waals surface area (Å²) in [5.74, 6) is 1.43. The lowest BCUT2D eigenvalue weighted by atomic mass is 9.98.